The van der Waals surface area contributed by atoms with Gasteiger partial charge in [0.25, 0.3) is 0 Å². The Hall–Kier alpha value is -0.160. The molecule has 4 nitrogen and oxygen atoms in total. The number of hydrogen-bond donors (Lipinski definition) is 2. The molecule has 3 N–H and O–H groups in total. The first kappa shape index (κ1) is 9.92. The van der Waals surface area contributed by atoms with Crippen molar-refractivity contribution in [3.8, 4) is 0 Å². The number of methoxy groups -OCH3 is 1. The van der Waals surface area contributed by atoms with Crippen LogP contribution in [0.3, 0.4) is 0 Å². The fourth-order valence-electron chi connectivity index (χ4n) is 1.56. The number of aliphatic hydroxyl groups is 1. The third-order valence-electron chi connectivity index (χ3n) is 2.29. The summed E-state index contributed by atoms with van der Waals surface area (Å²) in [6.45, 7) is 3.23. The fraction of sp³-hybridized carbons (Fsp3) is 1.00. The third-order valence-corrected chi connectivity index (χ3v) is 2.29. The molecular weight excluding hydrogens is 156 g/mol. The van der Waals surface area contributed by atoms with Crippen molar-refractivity contribution in [2.24, 2.45) is 5.73 Å². The summed E-state index contributed by atoms with van der Waals surface area (Å²) in [5.41, 5.74) is 5.39. The van der Waals surface area contributed by atoms with Crippen molar-refractivity contribution in [2.45, 2.75) is 18.6 Å². The second-order valence-corrected chi connectivity index (χ2v) is 3.24. The Kier molecular flexibility index (Phi) is 3.94. The molecule has 0 amide bonds. The lowest BCUT2D eigenvalue weighted by Crippen LogP contribution is -2.25. The van der Waals surface area contributed by atoms with E-state index in [-0.39, 0.29) is 12.2 Å². The van der Waals surface area contributed by atoms with Gasteiger partial charge in [0.05, 0.1) is 12.2 Å². The standard InChI is InChI=1S/C8H18N2O2/c1-12-8-6-10(4-2-3-9)5-7(8)11/h7-8,11H,2-6,9H2,1H3/t7-,8-/m0/s1. The average molecular weight is 174 g/mol. The number of likely N-dealkylation sites (tertiary alicyclic amines) is 1. The zero-order valence-corrected chi connectivity index (χ0v) is 7.57. The van der Waals surface area contributed by atoms with Gasteiger partial charge >= 0.3 is 0 Å². The van der Waals surface area contributed by atoms with Crippen molar-refractivity contribution in [2.75, 3.05) is 33.3 Å². The molecule has 0 aliphatic carbocycles. The van der Waals surface area contributed by atoms with Gasteiger partial charge in [-0.05, 0) is 19.5 Å². The van der Waals surface area contributed by atoms with E-state index in [1.54, 1.807) is 7.11 Å². The number of hydrogen-bond acceptors (Lipinski definition) is 4. The minimum atomic E-state index is -0.326. The number of rotatable bonds is 4. The highest BCUT2D eigenvalue weighted by atomic mass is 16.5. The number of aliphatic hydroxyl groups excluding tert-OH is 1. The van der Waals surface area contributed by atoms with Crippen LogP contribution in [0, 0.1) is 0 Å². The van der Waals surface area contributed by atoms with E-state index < -0.39 is 0 Å². The zero-order chi connectivity index (χ0) is 8.97. The Labute approximate surface area is 73.3 Å². The van der Waals surface area contributed by atoms with Gasteiger partial charge in [-0.25, -0.2) is 0 Å². The quantitative estimate of drug-likeness (QED) is 0.575. The van der Waals surface area contributed by atoms with Crippen molar-refractivity contribution < 1.29 is 9.84 Å². The van der Waals surface area contributed by atoms with E-state index in [0.29, 0.717) is 6.54 Å². The topological polar surface area (TPSA) is 58.7 Å². The molecule has 0 saturated carbocycles. The minimum Gasteiger partial charge on any atom is -0.389 e. The summed E-state index contributed by atoms with van der Waals surface area (Å²) in [6, 6.07) is 0. The first-order valence-corrected chi connectivity index (χ1v) is 4.41. The molecule has 1 aliphatic rings. The van der Waals surface area contributed by atoms with Crippen LogP contribution in [0.2, 0.25) is 0 Å². The Morgan fingerprint density at radius 1 is 1.58 bits per heavy atom. The van der Waals surface area contributed by atoms with Crippen LogP contribution in [0.15, 0.2) is 0 Å². The number of ether oxygens (including phenoxy) is 1. The van der Waals surface area contributed by atoms with Crippen LogP contribution in [-0.2, 0) is 4.74 Å². The van der Waals surface area contributed by atoms with Crippen LogP contribution < -0.4 is 5.73 Å². The summed E-state index contributed by atoms with van der Waals surface area (Å²) < 4.78 is 5.11. The molecule has 1 aliphatic heterocycles. The summed E-state index contributed by atoms with van der Waals surface area (Å²) in [7, 11) is 1.64. The maximum Gasteiger partial charge on any atom is 0.0969 e. The number of nitrogens with two attached hydrogens (primary N) is 1. The van der Waals surface area contributed by atoms with Crippen LogP contribution in [0.25, 0.3) is 0 Å². The molecule has 0 aromatic heterocycles. The first-order chi connectivity index (χ1) is 5.77. The van der Waals surface area contributed by atoms with Crippen LogP contribution in [0.4, 0.5) is 0 Å². The Balaban J connectivity index is 2.23. The van der Waals surface area contributed by atoms with Gasteiger partial charge in [0.1, 0.15) is 0 Å². The number of β-amino-alcohol motifs (C(OH)–C–C–N with tert-alkyl or cyclic N) is 1. The molecule has 0 spiro atoms. The maximum atomic E-state index is 9.46. The molecule has 2 atom stereocenters. The summed E-state index contributed by atoms with van der Waals surface area (Å²) >= 11 is 0. The smallest absolute Gasteiger partial charge is 0.0969 e. The molecule has 1 rings (SSSR count). The van der Waals surface area contributed by atoms with Gasteiger partial charge in [-0.1, -0.05) is 0 Å². The molecule has 72 valence electrons. The van der Waals surface area contributed by atoms with E-state index in [2.05, 4.69) is 4.90 Å². The monoisotopic (exact) mass is 174 g/mol. The van der Waals surface area contributed by atoms with Crippen LogP contribution in [0.5, 0.6) is 0 Å². The maximum absolute atomic E-state index is 9.46. The van der Waals surface area contributed by atoms with Crippen LogP contribution in [0.1, 0.15) is 6.42 Å². The summed E-state index contributed by atoms with van der Waals surface area (Å²) in [6.07, 6.45) is 0.652. The second-order valence-electron chi connectivity index (χ2n) is 3.24. The van der Waals surface area contributed by atoms with E-state index >= 15 is 0 Å². The molecule has 4 heteroatoms. The lowest BCUT2D eigenvalue weighted by Gasteiger charge is -2.13. The molecule has 0 bridgehead atoms. The van der Waals surface area contributed by atoms with E-state index in [0.717, 1.165) is 26.1 Å². The van der Waals surface area contributed by atoms with E-state index in [1.807, 2.05) is 0 Å². The lowest BCUT2D eigenvalue weighted by atomic mass is 10.3. The van der Waals surface area contributed by atoms with Gasteiger partial charge in [-0.15, -0.1) is 0 Å². The third kappa shape index (κ3) is 2.42. The first-order valence-electron chi connectivity index (χ1n) is 4.41. The largest absolute Gasteiger partial charge is 0.389 e. The molecule has 1 saturated heterocycles. The van der Waals surface area contributed by atoms with Gasteiger partial charge in [0.2, 0.25) is 0 Å². The molecule has 1 heterocycles. The SMILES string of the molecule is CO[C@H]1CN(CCCN)C[C@@H]1O. The van der Waals surface area contributed by atoms with E-state index in [9.17, 15) is 5.11 Å². The molecule has 12 heavy (non-hydrogen) atoms. The summed E-state index contributed by atoms with van der Waals surface area (Å²) in [5, 5.41) is 9.46. The fourth-order valence-corrected chi connectivity index (χ4v) is 1.56. The summed E-state index contributed by atoms with van der Waals surface area (Å²) in [4.78, 5) is 2.19. The Bertz CT molecular complexity index is 132. The van der Waals surface area contributed by atoms with E-state index in [1.165, 1.54) is 0 Å². The normalized spacial score (nSPS) is 31.2. The van der Waals surface area contributed by atoms with Gasteiger partial charge in [-0.2, -0.15) is 0 Å². The molecule has 0 aromatic carbocycles. The second kappa shape index (κ2) is 4.77. The minimum absolute atomic E-state index is 0.0113. The van der Waals surface area contributed by atoms with Gasteiger partial charge in [-0.3, -0.25) is 4.90 Å². The molecule has 0 radical (unpaired) electrons. The predicted molar refractivity (Wildman–Crippen MR) is 46.9 cm³/mol. The van der Waals surface area contributed by atoms with Crippen molar-refractivity contribution in [1.29, 1.82) is 0 Å². The van der Waals surface area contributed by atoms with Crippen molar-refractivity contribution in [3.05, 3.63) is 0 Å². The molecule has 0 unspecified atom stereocenters. The van der Waals surface area contributed by atoms with Crippen molar-refractivity contribution in [1.82, 2.24) is 4.90 Å². The lowest BCUT2D eigenvalue weighted by molar-refractivity contribution is 0.0215. The van der Waals surface area contributed by atoms with Gasteiger partial charge in [0, 0.05) is 20.2 Å². The van der Waals surface area contributed by atoms with Crippen molar-refractivity contribution >= 4 is 0 Å². The highest BCUT2D eigenvalue weighted by Crippen LogP contribution is 2.12. The van der Waals surface area contributed by atoms with E-state index in [4.69, 9.17) is 10.5 Å². The highest BCUT2D eigenvalue weighted by Gasteiger charge is 2.30. The highest BCUT2D eigenvalue weighted by molar-refractivity contribution is 4.84. The Morgan fingerprint density at radius 3 is 2.83 bits per heavy atom. The van der Waals surface area contributed by atoms with Crippen LogP contribution >= 0.6 is 0 Å². The predicted octanol–water partition coefficient (Wildman–Crippen LogP) is -0.973. The number of nitrogens with zero attached hydrogens (tertiary/aromatic N) is 1. The molecular formula is C8H18N2O2. The molecule has 1 fully saturated rings. The van der Waals surface area contributed by atoms with Crippen molar-refractivity contribution in [3.63, 3.8) is 0 Å². The molecule has 0 aromatic rings. The van der Waals surface area contributed by atoms with Gasteiger partial charge in [0.15, 0.2) is 0 Å². The Morgan fingerprint density at radius 2 is 2.33 bits per heavy atom. The van der Waals surface area contributed by atoms with Crippen LogP contribution in [-0.4, -0.2) is 55.5 Å². The van der Waals surface area contributed by atoms with Gasteiger partial charge < -0.3 is 15.6 Å². The average Bonchev–Trinajstić information content (AvgIpc) is 2.43. The summed E-state index contributed by atoms with van der Waals surface area (Å²) in [5.74, 6) is 0. The zero-order valence-electron chi connectivity index (χ0n) is 7.57.